The fourth-order valence-electron chi connectivity index (χ4n) is 4.64. The summed E-state index contributed by atoms with van der Waals surface area (Å²) in [5.74, 6) is 1.03. The van der Waals surface area contributed by atoms with Crippen molar-refractivity contribution in [2.75, 3.05) is 20.8 Å². The molecule has 0 amide bonds. The van der Waals surface area contributed by atoms with E-state index >= 15 is 0 Å². The number of ketones is 1. The zero-order chi connectivity index (χ0) is 23.5. The number of rotatable bonds is 10. The highest BCUT2D eigenvalue weighted by atomic mass is 16.5. The monoisotopic (exact) mass is 440 g/mol. The highest BCUT2D eigenvalue weighted by molar-refractivity contribution is 6.02. The Morgan fingerprint density at radius 2 is 1.75 bits per heavy atom. The van der Waals surface area contributed by atoms with Crippen molar-refractivity contribution in [1.82, 2.24) is 0 Å². The topological polar surface area (TPSA) is 82.1 Å². The van der Waals surface area contributed by atoms with Gasteiger partial charge in [0.1, 0.15) is 0 Å². The van der Waals surface area contributed by atoms with Crippen LogP contribution < -0.4 is 14.2 Å². The minimum atomic E-state index is -0.793. The Labute approximate surface area is 189 Å². The van der Waals surface area contributed by atoms with Gasteiger partial charge in [0.05, 0.1) is 20.8 Å². The van der Waals surface area contributed by atoms with E-state index in [1.807, 2.05) is 37.3 Å². The maximum Gasteiger partial charge on any atom is 0.303 e. The van der Waals surface area contributed by atoms with E-state index in [2.05, 4.69) is 13.8 Å². The van der Waals surface area contributed by atoms with E-state index in [0.717, 1.165) is 22.3 Å². The van der Waals surface area contributed by atoms with Gasteiger partial charge < -0.3 is 19.3 Å². The lowest BCUT2D eigenvalue weighted by molar-refractivity contribution is -0.138. The lowest BCUT2D eigenvalue weighted by Crippen LogP contribution is -2.25. The minimum absolute atomic E-state index is 0.0289. The third-order valence-electron chi connectivity index (χ3n) is 5.90. The number of hydrogen-bond donors (Lipinski definition) is 1. The van der Waals surface area contributed by atoms with Gasteiger partial charge in [0.25, 0.3) is 0 Å². The van der Waals surface area contributed by atoms with Crippen molar-refractivity contribution in [1.29, 1.82) is 0 Å². The van der Waals surface area contributed by atoms with Gasteiger partial charge in [-0.25, -0.2) is 0 Å². The number of fused-ring (bicyclic) bond motifs is 1. The largest absolute Gasteiger partial charge is 0.493 e. The molecule has 0 saturated carbocycles. The number of aliphatic carboxylic acids is 1. The van der Waals surface area contributed by atoms with Gasteiger partial charge in [-0.3, -0.25) is 9.59 Å². The Kier molecular flexibility index (Phi) is 7.12. The maximum atomic E-state index is 12.3. The molecule has 0 heterocycles. The summed E-state index contributed by atoms with van der Waals surface area (Å²) in [6, 6.07) is 9.57. The summed E-state index contributed by atoms with van der Waals surface area (Å²) in [7, 11) is 3.16. The minimum Gasteiger partial charge on any atom is -0.493 e. The van der Waals surface area contributed by atoms with Crippen molar-refractivity contribution in [3.05, 3.63) is 41.5 Å². The maximum absolute atomic E-state index is 12.3. The first-order valence-corrected chi connectivity index (χ1v) is 10.9. The predicted molar refractivity (Wildman–Crippen MR) is 123 cm³/mol. The predicted octanol–water partition coefficient (Wildman–Crippen LogP) is 5.41. The molecule has 0 fully saturated rings. The summed E-state index contributed by atoms with van der Waals surface area (Å²) in [6.07, 6.45) is 2.05. The van der Waals surface area contributed by atoms with E-state index in [4.69, 9.17) is 19.3 Å². The van der Waals surface area contributed by atoms with Crippen molar-refractivity contribution in [3.63, 3.8) is 0 Å². The van der Waals surface area contributed by atoms with Crippen LogP contribution in [0.25, 0.3) is 11.1 Å². The number of Topliss-reactive ketones (excluding diaryl/α,β-unsaturated/α-hetero) is 1. The molecule has 0 saturated heterocycles. The molecule has 0 spiro atoms. The molecule has 1 aliphatic rings. The normalized spacial score (nSPS) is 14.1. The van der Waals surface area contributed by atoms with Crippen LogP contribution in [0.3, 0.4) is 0 Å². The summed E-state index contributed by atoms with van der Waals surface area (Å²) in [6.45, 7) is 6.45. The fourth-order valence-corrected chi connectivity index (χ4v) is 4.64. The van der Waals surface area contributed by atoms with Gasteiger partial charge in [-0.2, -0.15) is 0 Å². The van der Waals surface area contributed by atoms with Crippen molar-refractivity contribution in [3.8, 4) is 28.4 Å². The van der Waals surface area contributed by atoms with Crippen LogP contribution in [0.2, 0.25) is 0 Å². The highest BCUT2D eigenvalue weighted by Crippen LogP contribution is 2.47. The summed E-state index contributed by atoms with van der Waals surface area (Å²) >= 11 is 0. The average Bonchev–Trinajstić information content (AvgIpc) is 3.11. The van der Waals surface area contributed by atoms with Crippen LogP contribution >= 0.6 is 0 Å². The molecular weight excluding hydrogens is 408 g/mol. The number of carbonyl (C=O) groups excluding carboxylic acids is 1. The number of hydrogen-bond acceptors (Lipinski definition) is 5. The van der Waals surface area contributed by atoms with E-state index in [9.17, 15) is 9.59 Å². The number of benzene rings is 2. The number of carbonyl (C=O) groups is 2. The van der Waals surface area contributed by atoms with Gasteiger partial charge in [-0.05, 0) is 47.4 Å². The molecule has 1 N–H and O–H groups in total. The molecular formula is C26H32O6. The second-order valence-electron chi connectivity index (χ2n) is 9.29. The first kappa shape index (κ1) is 23.6. The quantitative estimate of drug-likeness (QED) is 0.532. The zero-order valence-corrected chi connectivity index (χ0v) is 19.5. The Hall–Kier alpha value is -3.02. The van der Waals surface area contributed by atoms with Gasteiger partial charge >= 0.3 is 5.97 Å². The summed E-state index contributed by atoms with van der Waals surface area (Å²) < 4.78 is 17.5. The molecule has 0 radical (unpaired) electrons. The molecule has 172 valence electrons. The molecule has 1 atom stereocenters. The standard InChI is InChI=1S/C26H32O6/c1-16(13-23(28)29)14-26(2,3)15-32-24-20(10-12-22(30-4)25(24)31-5)17-7-6-8-19-18(17)9-11-21(19)27/h6-8,10,12,16H,9,11,13-15H2,1-5H3,(H,28,29). The van der Waals surface area contributed by atoms with Crippen molar-refractivity contribution < 1.29 is 28.9 Å². The first-order valence-electron chi connectivity index (χ1n) is 10.9. The Bertz CT molecular complexity index is 1010. The van der Waals surface area contributed by atoms with Gasteiger partial charge in [0.15, 0.2) is 17.3 Å². The second-order valence-corrected chi connectivity index (χ2v) is 9.29. The third-order valence-corrected chi connectivity index (χ3v) is 5.90. The Morgan fingerprint density at radius 3 is 2.41 bits per heavy atom. The smallest absolute Gasteiger partial charge is 0.303 e. The summed E-state index contributed by atoms with van der Waals surface area (Å²) in [5.41, 5.74) is 3.36. The number of carboxylic acid groups (broad SMARTS) is 1. The van der Waals surface area contributed by atoms with Crippen molar-refractivity contribution in [2.24, 2.45) is 11.3 Å². The van der Waals surface area contributed by atoms with Gasteiger partial charge in [0.2, 0.25) is 5.75 Å². The SMILES string of the molecule is COc1ccc(-c2cccc3c2CCC3=O)c(OCC(C)(C)CC(C)CC(=O)O)c1OC. The molecule has 3 rings (SSSR count). The Balaban J connectivity index is 1.98. The van der Waals surface area contributed by atoms with E-state index < -0.39 is 5.97 Å². The van der Waals surface area contributed by atoms with Crippen molar-refractivity contribution in [2.45, 2.75) is 46.5 Å². The lowest BCUT2D eigenvalue weighted by Gasteiger charge is -2.29. The van der Waals surface area contributed by atoms with Crippen LogP contribution in [0.15, 0.2) is 30.3 Å². The molecule has 0 bridgehead atoms. The molecule has 0 aromatic heterocycles. The number of ether oxygens (including phenoxy) is 3. The van der Waals surface area contributed by atoms with Crippen LogP contribution in [0, 0.1) is 11.3 Å². The first-order chi connectivity index (χ1) is 15.2. The summed E-state index contributed by atoms with van der Waals surface area (Å²) in [5, 5.41) is 9.09. The van der Waals surface area contributed by atoms with E-state index in [1.165, 1.54) is 0 Å². The van der Waals surface area contributed by atoms with Crippen molar-refractivity contribution >= 4 is 11.8 Å². The van der Waals surface area contributed by atoms with Crippen LogP contribution in [0.5, 0.6) is 17.2 Å². The van der Waals surface area contributed by atoms with E-state index in [-0.39, 0.29) is 23.5 Å². The number of carboxylic acids is 1. The fraction of sp³-hybridized carbons (Fsp3) is 0.462. The highest BCUT2D eigenvalue weighted by Gasteiger charge is 2.28. The molecule has 6 nitrogen and oxygen atoms in total. The molecule has 2 aromatic rings. The molecule has 1 unspecified atom stereocenters. The van der Waals surface area contributed by atoms with Gasteiger partial charge in [-0.15, -0.1) is 0 Å². The lowest BCUT2D eigenvalue weighted by atomic mass is 9.83. The van der Waals surface area contributed by atoms with Crippen LogP contribution in [0.4, 0.5) is 0 Å². The molecule has 0 aliphatic heterocycles. The van der Waals surface area contributed by atoms with E-state index in [0.29, 0.717) is 43.1 Å². The Morgan fingerprint density at radius 1 is 1.03 bits per heavy atom. The van der Waals surface area contributed by atoms with E-state index in [1.54, 1.807) is 14.2 Å². The average molecular weight is 441 g/mol. The third kappa shape index (κ3) is 5.06. The number of methoxy groups -OCH3 is 2. The van der Waals surface area contributed by atoms with Gasteiger partial charge in [0, 0.05) is 24.0 Å². The van der Waals surface area contributed by atoms with Crippen LogP contribution in [0.1, 0.15) is 56.0 Å². The molecule has 2 aromatic carbocycles. The second kappa shape index (κ2) is 9.63. The summed E-state index contributed by atoms with van der Waals surface area (Å²) in [4.78, 5) is 23.3. The van der Waals surface area contributed by atoms with Crippen LogP contribution in [-0.2, 0) is 11.2 Å². The zero-order valence-electron chi connectivity index (χ0n) is 19.5. The molecule has 6 heteroatoms. The van der Waals surface area contributed by atoms with Crippen LogP contribution in [-0.4, -0.2) is 37.7 Å². The molecule has 32 heavy (non-hydrogen) atoms. The molecule has 1 aliphatic carbocycles. The van der Waals surface area contributed by atoms with Gasteiger partial charge in [-0.1, -0.05) is 39.0 Å².